The summed E-state index contributed by atoms with van der Waals surface area (Å²) in [5.41, 5.74) is 3.37. The van der Waals surface area contributed by atoms with E-state index in [1.165, 1.54) is 0 Å². The monoisotopic (exact) mass is 311 g/mol. The number of rotatable bonds is 9. The highest BCUT2D eigenvalue weighted by Gasteiger charge is 2.12. The second-order valence-corrected chi connectivity index (χ2v) is 5.16. The molecule has 0 bridgehead atoms. The van der Waals surface area contributed by atoms with Crippen LogP contribution in [-0.2, 0) is 13.0 Å². The molecular weight excluding hydrogens is 286 g/mol. The number of para-hydroxylation sites is 1. The average Bonchev–Trinajstić information content (AvgIpc) is 2.57. The summed E-state index contributed by atoms with van der Waals surface area (Å²) in [5, 5.41) is 3.43. The van der Waals surface area contributed by atoms with Gasteiger partial charge in [-0.1, -0.05) is 24.3 Å². The Morgan fingerprint density at radius 2 is 1.78 bits per heavy atom. The van der Waals surface area contributed by atoms with E-state index in [2.05, 4.69) is 36.2 Å². The summed E-state index contributed by atoms with van der Waals surface area (Å²) in [4.78, 5) is 0. The first kappa shape index (κ1) is 16.9. The molecule has 0 atom stereocenters. The van der Waals surface area contributed by atoms with Crippen molar-refractivity contribution in [2.45, 2.75) is 26.8 Å². The van der Waals surface area contributed by atoms with Crippen molar-refractivity contribution in [1.29, 1.82) is 0 Å². The van der Waals surface area contributed by atoms with E-state index in [0.717, 1.165) is 41.3 Å². The molecule has 122 valence electrons. The van der Waals surface area contributed by atoms with E-state index in [4.69, 9.17) is 9.47 Å². The fourth-order valence-electron chi connectivity index (χ4n) is 2.46. The molecule has 0 aliphatic carbocycles. The molecule has 0 spiro atoms. The normalized spacial score (nSPS) is 10.2. The van der Waals surface area contributed by atoms with E-state index in [1.54, 1.807) is 0 Å². The Hall–Kier alpha value is -2.42. The zero-order valence-corrected chi connectivity index (χ0v) is 14.0. The standard InChI is InChI=1S/C20H25NO2/c1-4-10-17-13-16(15-21-18-11-8-7-9-12-18)14-19(22-5-2)20(17)23-6-3/h4,7-9,11-14,21H,1,5-6,10,15H2,2-3H3. The lowest BCUT2D eigenvalue weighted by atomic mass is 10.1. The van der Waals surface area contributed by atoms with Gasteiger partial charge in [0.05, 0.1) is 13.2 Å². The lowest BCUT2D eigenvalue weighted by Gasteiger charge is -2.17. The van der Waals surface area contributed by atoms with E-state index in [1.807, 2.05) is 38.1 Å². The largest absolute Gasteiger partial charge is 0.490 e. The fraction of sp³-hybridized carbons (Fsp3) is 0.300. The third kappa shape index (κ3) is 4.78. The highest BCUT2D eigenvalue weighted by atomic mass is 16.5. The second kappa shape index (κ2) is 8.89. The Balaban J connectivity index is 2.26. The smallest absolute Gasteiger partial charge is 0.164 e. The molecule has 1 N–H and O–H groups in total. The predicted molar refractivity (Wildman–Crippen MR) is 96.4 cm³/mol. The van der Waals surface area contributed by atoms with Crippen LogP contribution in [0.1, 0.15) is 25.0 Å². The number of anilines is 1. The summed E-state index contributed by atoms with van der Waals surface area (Å²) in [6.45, 7) is 9.78. The Labute approximate surface area is 138 Å². The highest BCUT2D eigenvalue weighted by molar-refractivity contribution is 5.51. The number of hydrogen-bond acceptors (Lipinski definition) is 3. The number of allylic oxidation sites excluding steroid dienone is 1. The van der Waals surface area contributed by atoms with Crippen LogP contribution in [0.25, 0.3) is 0 Å². The molecule has 2 rings (SSSR count). The van der Waals surface area contributed by atoms with Crippen LogP contribution in [-0.4, -0.2) is 13.2 Å². The van der Waals surface area contributed by atoms with Gasteiger partial charge in [0.15, 0.2) is 11.5 Å². The van der Waals surface area contributed by atoms with E-state index in [9.17, 15) is 0 Å². The van der Waals surface area contributed by atoms with Gasteiger partial charge in [-0.2, -0.15) is 0 Å². The first-order valence-corrected chi connectivity index (χ1v) is 8.09. The van der Waals surface area contributed by atoms with Crippen LogP contribution in [0.4, 0.5) is 5.69 Å². The molecule has 23 heavy (non-hydrogen) atoms. The van der Waals surface area contributed by atoms with Gasteiger partial charge in [0, 0.05) is 17.8 Å². The van der Waals surface area contributed by atoms with Crippen molar-refractivity contribution in [1.82, 2.24) is 0 Å². The molecule has 3 heteroatoms. The predicted octanol–water partition coefficient (Wildman–Crippen LogP) is 4.82. The average molecular weight is 311 g/mol. The molecule has 0 aliphatic heterocycles. The summed E-state index contributed by atoms with van der Waals surface area (Å²) < 4.78 is 11.6. The fourth-order valence-corrected chi connectivity index (χ4v) is 2.46. The van der Waals surface area contributed by atoms with Crippen LogP contribution in [0.15, 0.2) is 55.1 Å². The molecule has 0 aromatic heterocycles. The number of nitrogens with one attached hydrogen (secondary N) is 1. The first-order valence-electron chi connectivity index (χ1n) is 8.09. The molecular formula is C20H25NO2. The van der Waals surface area contributed by atoms with Gasteiger partial charge in [-0.15, -0.1) is 6.58 Å². The molecule has 0 amide bonds. The maximum atomic E-state index is 5.80. The second-order valence-electron chi connectivity index (χ2n) is 5.16. The first-order chi connectivity index (χ1) is 11.3. The molecule has 2 aromatic carbocycles. The van der Waals surface area contributed by atoms with Crippen molar-refractivity contribution in [2.75, 3.05) is 18.5 Å². The Kier molecular flexibility index (Phi) is 6.55. The summed E-state index contributed by atoms with van der Waals surface area (Å²) >= 11 is 0. The zero-order valence-electron chi connectivity index (χ0n) is 14.0. The van der Waals surface area contributed by atoms with Crippen LogP contribution in [0.2, 0.25) is 0 Å². The molecule has 0 fully saturated rings. The van der Waals surface area contributed by atoms with Crippen molar-refractivity contribution in [3.05, 3.63) is 66.2 Å². The minimum atomic E-state index is 0.614. The summed E-state index contributed by atoms with van der Waals surface area (Å²) in [6.07, 6.45) is 2.65. The third-order valence-corrected chi connectivity index (χ3v) is 3.41. The van der Waals surface area contributed by atoms with Gasteiger partial charge in [-0.3, -0.25) is 0 Å². The van der Waals surface area contributed by atoms with E-state index in [0.29, 0.717) is 13.2 Å². The SMILES string of the molecule is C=CCc1cc(CNc2ccccc2)cc(OCC)c1OCC. The van der Waals surface area contributed by atoms with Crippen LogP contribution >= 0.6 is 0 Å². The van der Waals surface area contributed by atoms with Crippen molar-refractivity contribution < 1.29 is 9.47 Å². The summed E-state index contributed by atoms with van der Waals surface area (Å²) in [5.74, 6) is 1.64. The third-order valence-electron chi connectivity index (χ3n) is 3.41. The van der Waals surface area contributed by atoms with Crippen LogP contribution in [0.5, 0.6) is 11.5 Å². The molecule has 0 radical (unpaired) electrons. The Bertz CT molecular complexity index is 623. The minimum Gasteiger partial charge on any atom is -0.490 e. The topological polar surface area (TPSA) is 30.5 Å². The van der Waals surface area contributed by atoms with Crippen LogP contribution in [0, 0.1) is 0 Å². The number of ether oxygens (including phenoxy) is 2. The van der Waals surface area contributed by atoms with Gasteiger partial charge >= 0.3 is 0 Å². The molecule has 0 heterocycles. The van der Waals surface area contributed by atoms with E-state index in [-0.39, 0.29) is 0 Å². The minimum absolute atomic E-state index is 0.614. The maximum absolute atomic E-state index is 5.80. The molecule has 0 unspecified atom stereocenters. The van der Waals surface area contributed by atoms with Gasteiger partial charge in [0.2, 0.25) is 0 Å². The molecule has 0 saturated heterocycles. The van der Waals surface area contributed by atoms with Gasteiger partial charge in [0.1, 0.15) is 0 Å². The highest BCUT2D eigenvalue weighted by Crippen LogP contribution is 2.34. The summed E-state index contributed by atoms with van der Waals surface area (Å²) in [6, 6.07) is 14.4. The van der Waals surface area contributed by atoms with Crippen molar-refractivity contribution in [3.63, 3.8) is 0 Å². The van der Waals surface area contributed by atoms with Crippen molar-refractivity contribution >= 4 is 5.69 Å². The van der Waals surface area contributed by atoms with Crippen LogP contribution in [0.3, 0.4) is 0 Å². The van der Waals surface area contributed by atoms with Gasteiger partial charge < -0.3 is 14.8 Å². The zero-order chi connectivity index (χ0) is 16.5. The Morgan fingerprint density at radius 1 is 1.04 bits per heavy atom. The summed E-state index contributed by atoms with van der Waals surface area (Å²) in [7, 11) is 0. The van der Waals surface area contributed by atoms with E-state index < -0.39 is 0 Å². The molecule has 0 saturated carbocycles. The van der Waals surface area contributed by atoms with Gasteiger partial charge in [0.25, 0.3) is 0 Å². The molecule has 3 nitrogen and oxygen atoms in total. The van der Waals surface area contributed by atoms with Crippen LogP contribution < -0.4 is 14.8 Å². The lowest BCUT2D eigenvalue weighted by Crippen LogP contribution is -2.05. The van der Waals surface area contributed by atoms with Gasteiger partial charge in [-0.05, 0) is 50.1 Å². The molecule has 0 aliphatic rings. The quantitative estimate of drug-likeness (QED) is 0.673. The Morgan fingerprint density at radius 3 is 2.43 bits per heavy atom. The van der Waals surface area contributed by atoms with Crippen molar-refractivity contribution in [3.8, 4) is 11.5 Å². The maximum Gasteiger partial charge on any atom is 0.164 e. The lowest BCUT2D eigenvalue weighted by molar-refractivity contribution is 0.285. The number of hydrogen-bond donors (Lipinski definition) is 1. The molecule has 2 aromatic rings. The van der Waals surface area contributed by atoms with Crippen molar-refractivity contribution in [2.24, 2.45) is 0 Å². The van der Waals surface area contributed by atoms with E-state index >= 15 is 0 Å². The van der Waals surface area contributed by atoms with Gasteiger partial charge in [-0.25, -0.2) is 0 Å². The number of benzene rings is 2.